The van der Waals surface area contributed by atoms with Crippen molar-refractivity contribution in [1.82, 2.24) is 0 Å². The second-order valence-electron chi connectivity index (χ2n) is 2.36. The maximum absolute atomic E-state index is 10.1. The number of nitrogens with two attached hydrogens (primary N) is 2. The van der Waals surface area contributed by atoms with Crippen molar-refractivity contribution in [2.24, 2.45) is 11.5 Å². The Labute approximate surface area is 59.3 Å². The van der Waals surface area contributed by atoms with Gasteiger partial charge in [0.2, 0.25) is 5.24 Å². The molecule has 0 saturated carbocycles. The molecule has 0 bridgehead atoms. The molecule has 0 aromatic heterocycles. The first-order valence-electron chi connectivity index (χ1n) is 2.68. The Kier molecular flexibility index (Phi) is 3.11. The molecule has 0 rings (SSSR count). The molecule has 0 aromatic carbocycles. The summed E-state index contributed by atoms with van der Waals surface area (Å²) in [4.78, 5) is 10.1. The summed E-state index contributed by atoms with van der Waals surface area (Å²) in [5.74, 6) is 0. The fourth-order valence-electron chi connectivity index (χ4n) is 0.368. The van der Waals surface area contributed by atoms with Gasteiger partial charge in [-0.2, -0.15) is 0 Å². The molecule has 4 heteroatoms. The van der Waals surface area contributed by atoms with Gasteiger partial charge in [0.1, 0.15) is 0 Å². The molecule has 0 radical (unpaired) electrons. The Morgan fingerprint density at radius 3 is 2.22 bits per heavy atom. The van der Waals surface area contributed by atoms with Crippen LogP contribution in [-0.4, -0.2) is 10.9 Å². The highest BCUT2D eigenvalue weighted by Gasteiger charge is 2.11. The Balaban J connectivity index is 3.39. The van der Waals surface area contributed by atoms with Gasteiger partial charge < -0.3 is 11.5 Å². The summed E-state index contributed by atoms with van der Waals surface area (Å²) < 4.78 is 0. The number of carbonyl (C=O) groups is 1. The molecule has 0 unspecified atom stereocenters. The predicted molar refractivity (Wildman–Crippen MR) is 36.9 cm³/mol. The van der Waals surface area contributed by atoms with Crippen molar-refractivity contribution in [2.45, 2.75) is 25.4 Å². The van der Waals surface area contributed by atoms with Gasteiger partial charge in [-0.25, -0.2) is 0 Å². The van der Waals surface area contributed by atoms with Gasteiger partial charge in [0.15, 0.2) is 0 Å². The lowest BCUT2D eigenvalue weighted by atomic mass is 10.1. The van der Waals surface area contributed by atoms with Crippen LogP contribution in [-0.2, 0) is 4.79 Å². The summed E-state index contributed by atoms with van der Waals surface area (Å²) in [7, 11) is 0. The summed E-state index contributed by atoms with van der Waals surface area (Å²) in [5, 5.41) is -0.392. The van der Waals surface area contributed by atoms with Crippen LogP contribution in [0.2, 0.25) is 0 Å². The first-order chi connectivity index (χ1) is 3.92. The number of hydrogen-bond acceptors (Lipinski definition) is 3. The third-order valence-electron chi connectivity index (χ3n) is 0.860. The van der Waals surface area contributed by atoms with Gasteiger partial charge in [0, 0.05) is 6.42 Å². The Morgan fingerprint density at radius 2 is 2.11 bits per heavy atom. The molecule has 0 aliphatic rings. The highest BCUT2D eigenvalue weighted by molar-refractivity contribution is 6.63. The van der Waals surface area contributed by atoms with Crippen molar-refractivity contribution in [1.29, 1.82) is 0 Å². The minimum absolute atomic E-state index is 0.241. The quantitative estimate of drug-likeness (QED) is 0.445. The van der Waals surface area contributed by atoms with Crippen molar-refractivity contribution in [3.8, 4) is 0 Å². The minimum Gasteiger partial charge on any atom is -0.314 e. The van der Waals surface area contributed by atoms with Crippen LogP contribution >= 0.6 is 11.6 Å². The molecule has 0 saturated heterocycles. The zero-order chi connectivity index (χ0) is 7.49. The molecule has 0 fully saturated rings. The second-order valence-corrected chi connectivity index (χ2v) is 2.78. The lowest BCUT2D eigenvalue weighted by Crippen LogP contribution is -2.46. The summed E-state index contributed by atoms with van der Waals surface area (Å²) >= 11 is 5.03. The van der Waals surface area contributed by atoms with Crippen LogP contribution in [0.4, 0.5) is 0 Å². The zero-order valence-electron chi connectivity index (χ0n) is 5.36. The van der Waals surface area contributed by atoms with Gasteiger partial charge in [-0.1, -0.05) is 0 Å². The van der Waals surface area contributed by atoms with Crippen molar-refractivity contribution >= 4 is 16.8 Å². The van der Waals surface area contributed by atoms with Gasteiger partial charge >= 0.3 is 0 Å². The number of carbonyl (C=O) groups excluding carboxylic acids is 1. The van der Waals surface area contributed by atoms with E-state index in [2.05, 4.69) is 0 Å². The van der Waals surface area contributed by atoms with E-state index in [-0.39, 0.29) is 6.42 Å². The molecule has 3 nitrogen and oxygen atoms in total. The molecule has 0 aliphatic heterocycles. The number of hydrogen-bond donors (Lipinski definition) is 2. The van der Waals surface area contributed by atoms with E-state index < -0.39 is 10.9 Å². The van der Waals surface area contributed by atoms with E-state index in [1.54, 1.807) is 6.92 Å². The van der Waals surface area contributed by atoms with Crippen molar-refractivity contribution in [3.63, 3.8) is 0 Å². The van der Waals surface area contributed by atoms with E-state index >= 15 is 0 Å². The molecule has 4 N–H and O–H groups in total. The van der Waals surface area contributed by atoms with Gasteiger partial charge in [-0.15, -0.1) is 0 Å². The van der Waals surface area contributed by atoms with Crippen molar-refractivity contribution < 1.29 is 4.79 Å². The van der Waals surface area contributed by atoms with E-state index in [1.165, 1.54) is 0 Å². The standard InChI is InChI=1S/C5H11ClN2O/c1-5(7,8)3-2-4(6)9/h2-3,7-8H2,1H3. The zero-order valence-corrected chi connectivity index (χ0v) is 6.11. The van der Waals surface area contributed by atoms with E-state index in [0.717, 1.165) is 0 Å². The molecule has 0 spiro atoms. The first kappa shape index (κ1) is 8.88. The maximum Gasteiger partial charge on any atom is 0.221 e. The molecule has 0 aromatic rings. The largest absolute Gasteiger partial charge is 0.314 e. The lowest BCUT2D eigenvalue weighted by molar-refractivity contribution is -0.112. The van der Waals surface area contributed by atoms with E-state index in [9.17, 15) is 4.79 Å². The van der Waals surface area contributed by atoms with Crippen LogP contribution < -0.4 is 11.5 Å². The fraction of sp³-hybridized carbons (Fsp3) is 0.800. The van der Waals surface area contributed by atoms with Crippen LogP contribution in [0, 0.1) is 0 Å². The van der Waals surface area contributed by atoms with Crippen LogP contribution in [0.5, 0.6) is 0 Å². The molecule has 9 heavy (non-hydrogen) atoms. The highest BCUT2D eigenvalue weighted by Crippen LogP contribution is 2.02. The van der Waals surface area contributed by atoms with Crippen LogP contribution in [0.25, 0.3) is 0 Å². The average molecular weight is 151 g/mol. The van der Waals surface area contributed by atoms with E-state index in [4.69, 9.17) is 23.1 Å². The summed E-state index contributed by atoms with van der Waals surface area (Å²) in [6.07, 6.45) is 0.667. The molecule has 0 heterocycles. The molecule has 0 amide bonds. The van der Waals surface area contributed by atoms with E-state index in [1.807, 2.05) is 0 Å². The first-order valence-corrected chi connectivity index (χ1v) is 3.06. The summed E-state index contributed by atoms with van der Waals surface area (Å²) in [6.45, 7) is 1.65. The smallest absolute Gasteiger partial charge is 0.221 e. The highest BCUT2D eigenvalue weighted by atomic mass is 35.5. The van der Waals surface area contributed by atoms with Crippen LogP contribution in [0.1, 0.15) is 19.8 Å². The predicted octanol–water partition coefficient (Wildman–Crippen LogP) is 0.166. The monoisotopic (exact) mass is 150 g/mol. The molecular formula is C5H11ClN2O. The van der Waals surface area contributed by atoms with Crippen molar-refractivity contribution in [3.05, 3.63) is 0 Å². The maximum atomic E-state index is 10.1. The van der Waals surface area contributed by atoms with E-state index in [0.29, 0.717) is 6.42 Å². The minimum atomic E-state index is -0.773. The van der Waals surface area contributed by atoms with Gasteiger partial charge in [0.25, 0.3) is 0 Å². The molecular weight excluding hydrogens is 140 g/mol. The Morgan fingerprint density at radius 1 is 1.67 bits per heavy atom. The van der Waals surface area contributed by atoms with Crippen LogP contribution in [0.15, 0.2) is 0 Å². The third-order valence-corrected chi connectivity index (χ3v) is 1.05. The molecule has 0 atom stereocenters. The SMILES string of the molecule is CC(N)(N)CCC(=O)Cl. The van der Waals surface area contributed by atoms with Gasteiger partial charge in [0.05, 0.1) is 5.66 Å². The fourth-order valence-corrected chi connectivity index (χ4v) is 0.462. The average Bonchev–Trinajstić information content (AvgIpc) is 1.59. The second kappa shape index (κ2) is 3.15. The third kappa shape index (κ3) is 7.88. The number of halogens is 1. The molecule has 0 aliphatic carbocycles. The lowest BCUT2D eigenvalue weighted by Gasteiger charge is -2.16. The Hall–Kier alpha value is -0.120. The normalized spacial score (nSPS) is 11.6. The van der Waals surface area contributed by atoms with Gasteiger partial charge in [-0.3, -0.25) is 4.79 Å². The van der Waals surface area contributed by atoms with Gasteiger partial charge in [-0.05, 0) is 24.9 Å². The summed E-state index contributed by atoms with van der Waals surface area (Å²) in [5.41, 5.74) is 9.93. The van der Waals surface area contributed by atoms with Crippen LogP contribution in [0.3, 0.4) is 0 Å². The van der Waals surface area contributed by atoms with Crippen molar-refractivity contribution in [2.75, 3.05) is 0 Å². The Bertz CT molecular complexity index is 108. The number of rotatable bonds is 3. The topological polar surface area (TPSA) is 69.1 Å². The molecule has 54 valence electrons. The summed E-state index contributed by atoms with van der Waals surface area (Å²) in [6, 6.07) is 0.